The summed E-state index contributed by atoms with van der Waals surface area (Å²) in [5.74, 6) is 0. The normalized spacial score (nSPS) is 33.8. The molecule has 0 aromatic carbocycles. The van der Waals surface area contributed by atoms with E-state index in [1.807, 2.05) is 0 Å². The standard InChI is InChI=1S/C8H12N2O2Se/c1-8(2)3-5(9-11)7-6(4-8)10-12-13-7/h7,11H,3-4H2,1-2H3. The van der Waals surface area contributed by atoms with E-state index in [0.29, 0.717) is 0 Å². The molecule has 1 atom stereocenters. The van der Waals surface area contributed by atoms with Crippen LogP contribution < -0.4 is 0 Å². The van der Waals surface area contributed by atoms with Crippen LogP contribution in [0.2, 0.25) is 4.82 Å². The van der Waals surface area contributed by atoms with Gasteiger partial charge in [-0.25, -0.2) is 0 Å². The van der Waals surface area contributed by atoms with Gasteiger partial charge in [-0.3, -0.25) is 0 Å². The van der Waals surface area contributed by atoms with Gasteiger partial charge >= 0.3 is 83.1 Å². The molecule has 0 amide bonds. The van der Waals surface area contributed by atoms with Gasteiger partial charge in [-0.15, -0.1) is 0 Å². The number of hydrogen-bond acceptors (Lipinski definition) is 4. The molecule has 13 heavy (non-hydrogen) atoms. The van der Waals surface area contributed by atoms with E-state index in [4.69, 9.17) is 9.13 Å². The van der Waals surface area contributed by atoms with Gasteiger partial charge in [-0.1, -0.05) is 0 Å². The Bertz CT molecular complexity index is 286. The average Bonchev–Trinajstić information content (AvgIpc) is 2.48. The molecule has 1 N–H and O–H groups in total. The first-order valence-corrected chi connectivity index (χ1v) is 5.91. The molecule has 2 aliphatic rings. The van der Waals surface area contributed by atoms with Crippen molar-refractivity contribution in [2.75, 3.05) is 0 Å². The van der Waals surface area contributed by atoms with Gasteiger partial charge in [-0.05, 0) is 0 Å². The van der Waals surface area contributed by atoms with E-state index in [1.54, 1.807) is 0 Å². The Hall–Kier alpha value is -0.541. The minimum absolute atomic E-state index is 0.00734. The van der Waals surface area contributed by atoms with Crippen LogP contribution in [0.1, 0.15) is 26.7 Å². The van der Waals surface area contributed by atoms with Crippen molar-refractivity contribution < 1.29 is 9.13 Å². The Balaban J connectivity index is 2.28. The molecule has 1 aliphatic carbocycles. The SMILES string of the molecule is CC1(C)CC(=NO)C2[Se]ON=C2C1. The topological polar surface area (TPSA) is 54.2 Å². The summed E-state index contributed by atoms with van der Waals surface area (Å²) in [6, 6.07) is 0. The third kappa shape index (κ3) is 1.58. The number of hydrogen-bond donors (Lipinski definition) is 1. The van der Waals surface area contributed by atoms with Crippen molar-refractivity contribution in [1.29, 1.82) is 0 Å². The summed E-state index contributed by atoms with van der Waals surface area (Å²) in [7, 11) is 0. The fraction of sp³-hybridized carbons (Fsp3) is 0.750. The third-order valence-corrected chi connectivity index (χ3v) is 4.23. The Labute approximate surface area is 83.5 Å². The van der Waals surface area contributed by atoms with Crippen LogP contribution in [0, 0.1) is 5.41 Å². The minimum atomic E-state index is 0.00734. The van der Waals surface area contributed by atoms with E-state index in [9.17, 15) is 0 Å². The summed E-state index contributed by atoms with van der Waals surface area (Å²) in [4.78, 5) is 0.200. The van der Waals surface area contributed by atoms with Crippen molar-refractivity contribution in [2.45, 2.75) is 31.5 Å². The van der Waals surface area contributed by atoms with Crippen LogP contribution in [-0.4, -0.2) is 31.9 Å². The Morgan fingerprint density at radius 3 is 3.08 bits per heavy atom. The van der Waals surface area contributed by atoms with Gasteiger partial charge in [0.25, 0.3) is 0 Å². The van der Waals surface area contributed by atoms with Gasteiger partial charge in [-0.2, -0.15) is 0 Å². The van der Waals surface area contributed by atoms with Crippen molar-refractivity contribution in [1.82, 2.24) is 0 Å². The van der Waals surface area contributed by atoms with Gasteiger partial charge in [0, 0.05) is 0 Å². The fourth-order valence-electron chi connectivity index (χ4n) is 1.81. The first-order chi connectivity index (χ1) is 6.12. The molecule has 0 aromatic heterocycles. The molecule has 0 spiro atoms. The van der Waals surface area contributed by atoms with Crippen molar-refractivity contribution in [3.05, 3.63) is 0 Å². The zero-order valence-electron chi connectivity index (χ0n) is 7.65. The molecule has 1 unspecified atom stereocenters. The number of fused-ring (bicyclic) bond motifs is 1. The molecule has 0 radical (unpaired) electrons. The van der Waals surface area contributed by atoms with Crippen molar-refractivity contribution in [3.63, 3.8) is 0 Å². The van der Waals surface area contributed by atoms with Gasteiger partial charge < -0.3 is 0 Å². The van der Waals surface area contributed by atoms with Crippen LogP contribution in [0.5, 0.6) is 0 Å². The van der Waals surface area contributed by atoms with E-state index < -0.39 is 0 Å². The second kappa shape index (κ2) is 2.99. The Kier molecular flexibility index (Phi) is 2.08. The van der Waals surface area contributed by atoms with Crippen molar-refractivity contribution >= 4 is 26.7 Å². The zero-order valence-corrected chi connectivity index (χ0v) is 9.36. The third-order valence-electron chi connectivity index (χ3n) is 2.35. The fourth-order valence-corrected chi connectivity index (χ4v) is 3.29. The molecule has 0 bridgehead atoms. The van der Waals surface area contributed by atoms with Crippen LogP contribution in [0.4, 0.5) is 0 Å². The molecule has 4 nitrogen and oxygen atoms in total. The van der Waals surface area contributed by atoms with E-state index >= 15 is 0 Å². The molecule has 1 aliphatic heterocycles. The number of oxime groups is 2. The maximum absolute atomic E-state index is 8.86. The quantitative estimate of drug-likeness (QED) is 0.400. The molecular weight excluding hydrogens is 235 g/mol. The summed E-state index contributed by atoms with van der Waals surface area (Å²) in [5, 5.41) is 16.2. The summed E-state index contributed by atoms with van der Waals surface area (Å²) in [5.41, 5.74) is 2.05. The number of nitrogens with zero attached hydrogens (tertiary/aromatic N) is 2. The molecule has 0 aromatic rings. The van der Waals surface area contributed by atoms with Crippen molar-refractivity contribution in [3.8, 4) is 0 Å². The van der Waals surface area contributed by atoms with Crippen LogP contribution in [-0.2, 0) is 3.92 Å². The molecule has 1 saturated carbocycles. The molecule has 0 saturated heterocycles. The van der Waals surface area contributed by atoms with Crippen LogP contribution >= 0.6 is 0 Å². The van der Waals surface area contributed by atoms with Crippen LogP contribution in [0.25, 0.3) is 0 Å². The second-order valence-corrected chi connectivity index (χ2v) is 5.95. The van der Waals surface area contributed by atoms with E-state index in [-0.39, 0.29) is 25.5 Å². The van der Waals surface area contributed by atoms with E-state index in [0.717, 1.165) is 24.3 Å². The predicted molar refractivity (Wildman–Crippen MR) is 50.3 cm³/mol. The molecule has 72 valence electrons. The molecule has 2 rings (SSSR count). The van der Waals surface area contributed by atoms with Gasteiger partial charge in [0.15, 0.2) is 0 Å². The number of rotatable bonds is 0. The van der Waals surface area contributed by atoms with E-state index in [1.165, 1.54) is 0 Å². The summed E-state index contributed by atoms with van der Waals surface area (Å²) in [6.45, 7) is 4.31. The summed E-state index contributed by atoms with van der Waals surface area (Å²) < 4.78 is 5.08. The Morgan fingerprint density at radius 2 is 2.38 bits per heavy atom. The molecular formula is C8H12N2O2Se. The monoisotopic (exact) mass is 248 g/mol. The maximum atomic E-state index is 8.86. The summed E-state index contributed by atoms with van der Waals surface area (Å²) in [6.07, 6.45) is 1.80. The Morgan fingerprint density at radius 1 is 1.62 bits per heavy atom. The van der Waals surface area contributed by atoms with Gasteiger partial charge in [0.2, 0.25) is 0 Å². The van der Waals surface area contributed by atoms with Gasteiger partial charge in [0.1, 0.15) is 0 Å². The predicted octanol–water partition coefficient (Wildman–Crippen LogP) is 1.43. The van der Waals surface area contributed by atoms with Crippen molar-refractivity contribution in [2.24, 2.45) is 15.7 Å². The molecule has 1 heterocycles. The molecule has 1 fully saturated rings. The average molecular weight is 247 g/mol. The molecule has 5 heteroatoms. The van der Waals surface area contributed by atoms with E-state index in [2.05, 4.69) is 24.2 Å². The summed E-state index contributed by atoms with van der Waals surface area (Å²) >= 11 is 0.00734. The van der Waals surface area contributed by atoms with Crippen LogP contribution in [0.15, 0.2) is 10.3 Å². The van der Waals surface area contributed by atoms with Gasteiger partial charge in [0.05, 0.1) is 0 Å². The second-order valence-electron chi connectivity index (χ2n) is 4.24. The van der Waals surface area contributed by atoms with Crippen LogP contribution in [0.3, 0.4) is 0 Å². The first-order valence-electron chi connectivity index (χ1n) is 4.22. The zero-order chi connectivity index (χ0) is 9.47. The first kappa shape index (κ1) is 9.03.